The Balaban J connectivity index is 1.32. The minimum atomic E-state index is -0.108. The van der Waals surface area contributed by atoms with Crippen LogP contribution in [-0.2, 0) is 0 Å². The SMILES string of the molecule is CC1(C2CC(N3CCN(C(=O)c4ncncc4Cl)CC3)NN2)CC1. The van der Waals surface area contributed by atoms with Gasteiger partial charge in [-0.1, -0.05) is 18.5 Å². The van der Waals surface area contributed by atoms with Crippen molar-refractivity contribution in [3.63, 3.8) is 0 Å². The van der Waals surface area contributed by atoms with Gasteiger partial charge < -0.3 is 4.90 Å². The van der Waals surface area contributed by atoms with Crippen molar-refractivity contribution in [2.45, 2.75) is 38.4 Å². The zero-order valence-corrected chi connectivity index (χ0v) is 14.6. The van der Waals surface area contributed by atoms with Crippen molar-refractivity contribution in [3.8, 4) is 0 Å². The van der Waals surface area contributed by atoms with Crippen LogP contribution in [0.3, 0.4) is 0 Å². The molecule has 1 saturated carbocycles. The highest BCUT2D eigenvalue weighted by atomic mass is 35.5. The fraction of sp³-hybridized carbons (Fsp3) is 0.688. The molecular weight excluding hydrogens is 328 g/mol. The van der Waals surface area contributed by atoms with Crippen molar-refractivity contribution in [2.24, 2.45) is 5.41 Å². The van der Waals surface area contributed by atoms with Crippen LogP contribution in [0.2, 0.25) is 5.02 Å². The van der Waals surface area contributed by atoms with Gasteiger partial charge in [-0.3, -0.25) is 15.1 Å². The van der Waals surface area contributed by atoms with E-state index in [1.165, 1.54) is 25.4 Å². The third kappa shape index (κ3) is 3.01. The lowest BCUT2D eigenvalue weighted by Gasteiger charge is -2.37. The van der Waals surface area contributed by atoms with Crippen molar-refractivity contribution in [2.75, 3.05) is 26.2 Å². The molecule has 2 atom stereocenters. The predicted molar refractivity (Wildman–Crippen MR) is 90.3 cm³/mol. The fourth-order valence-electron chi connectivity index (χ4n) is 3.64. The summed E-state index contributed by atoms with van der Waals surface area (Å²) in [6.45, 7) is 5.46. The molecule has 3 aliphatic rings. The number of nitrogens with one attached hydrogen (secondary N) is 2. The highest BCUT2D eigenvalue weighted by Crippen LogP contribution is 2.50. The Kier molecular flexibility index (Phi) is 4.20. The Hall–Kier alpha value is -1.28. The van der Waals surface area contributed by atoms with E-state index in [0.717, 1.165) is 19.5 Å². The molecule has 3 fully saturated rings. The molecule has 4 rings (SSSR count). The van der Waals surface area contributed by atoms with E-state index < -0.39 is 0 Å². The predicted octanol–water partition coefficient (Wildman–Crippen LogP) is 0.880. The number of amides is 1. The lowest BCUT2D eigenvalue weighted by molar-refractivity contribution is 0.0539. The maximum absolute atomic E-state index is 12.5. The lowest BCUT2D eigenvalue weighted by Crippen LogP contribution is -2.55. The Bertz CT molecular complexity index is 629. The Morgan fingerprint density at radius 2 is 2.04 bits per heavy atom. The molecule has 24 heavy (non-hydrogen) atoms. The number of hydrazine groups is 1. The number of carbonyl (C=O) groups is 1. The highest BCUT2D eigenvalue weighted by molar-refractivity contribution is 6.33. The minimum absolute atomic E-state index is 0.108. The van der Waals surface area contributed by atoms with Crippen LogP contribution in [0.4, 0.5) is 0 Å². The zero-order chi connectivity index (χ0) is 16.7. The Labute approximate surface area is 146 Å². The van der Waals surface area contributed by atoms with E-state index in [2.05, 4.69) is 32.6 Å². The van der Waals surface area contributed by atoms with Crippen LogP contribution in [0.1, 0.15) is 36.7 Å². The number of halogens is 1. The Morgan fingerprint density at radius 3 is 2.71 bits per heavy atom. The quantitative estimate of drug-likeness (QED) is 0.843. The molecule has 0 radical (unpaired) electrons. The first-order valence-corrected chi connectivity index (χ1v) is 8.94. The van der Waals surface area contributed by atoms with Gasteiger partial charge in [0.15, 0.2) is 0 Å². The zero-order valence-electron chi connectivity index (χ0n) is 13.8. The van der Waals surface area contributed by atoms with Crippen LogP contribution < -0.4 is 10.9 Å². The normalized spacial score (nSPS) is 29.7. The van der Waals surface area contributed by atoms with Gasteiger partial charge >= 0.3 is 0 Å². The average Bonchev–Trinajstić information content (AvgIpc) is 3.16. The fourth-order valence-corrected chi connectivity index (χ4v) is 3.83. The van der Waals surface area contributed by atoms with Crippen LogP contribution in [0, 0.1) is 5.41 Å². The largest absolute Gasteiger partial charge is 0.335 e. The molecule has 0 aromatic carbocycles. The lowest BCUT2D eigenvalue weighted by atomic mass is 9.96. The number of hydrogen-bond acceptors (Lipinski definition) is 6. The van der Waals surface area contributed by atoms with Gasteiger partial charge in [0.1, 0.15) is 12.0 Å². The summed E-state index contributed by atoms with van der Waals surface area (Å²) < 4.78 is 0. The smallest absolute Gasteiger partial charge is 0.274 e. The second-order valence-electron chi connectivity index (χ2n) is 7.29. The third-order valence-corrected chi connectivity index (χ3v) is 5.95. The third-order valence-electron chi connectivity index (χ3n) is 5.68. The summed E-state index contributed by atoms with van der Waals surface area (Å²) in [4.78, 5) is 24.6. The highest BCUT2D eigenvalue weighted by Gasteiger charge is 2.48. The molecule has 1 aliphatic carbocycles. The van der Waals surface area contributed by atoms with Crippen molar-refractivity contribution in [1.82, 2.24) is 30.6 Å². The van der Waals surface area contributed by atoms with E-state index in [1.807, 2.05) is 4.90 Å². The van der Waals surface area contributed by atoms with E-state index in [9.17, 15) is 4.79 Å². The minimum Gasteiger partial charge on any atom is -0.335 e. The number of nitrogens with zero attached hydrogens (tertiary/aromatic N) is 4. The van der Waals surface area contributed by atoms with Crippen LogP contribution in [0.15, 0.2) is 12.5 Å². The molecule has 1 amide bonds. The summed E-state index contributed by atoms with van der Waals surface area (Å²) in [5, 5.41) is 0.312. The van der Waals surface area contributed by atoms with Gasteiger partial charge in [-0.05, 0) is 24.7 Å². The Morgan fingerprint density at radius 1 is 1.29 bits per heavy atom. The summed E-state index contributed by atoms with van der Waals surface area (Å²) in [6.07, 6.45) is 6.95. The van der Waals surface area contributed by atoms with Gasteiger partial charge in [-0.25, -0.2) is 15.4 Å². The molecule has 1 aromatic rings. The standard InChI is InChI=1S/C16H23ClN6O/c1-16(2-3-16)12-8-13(21-20-12)22-4-6-23(7-5-22)15(24)14-11(17)9-18-10-19-14/h9-10,12-13,20-21H,2-8H2,1H3. The molecule has 8 heteroatoms. The van der Waals surface area contributed by atoms with E-state index >= 15 is 0 Å². The van der Waals surface area contributed by atoms with Crippen molar-refractivity contribution >= 4 is 17.5 Å². The van der Waals surface area contributed by atoms with E-state index in [0.29, 0.717) is 41.4 Å². The van der Waals surface area contributed by atoms with E-state index in [4.69, 9.17) is 11.6 Å². The van der Waals surface area contributed by atoms with Gasteiger partial charge in [-0.2, -0.15) is 0 Å². The number of piperazine rings is 1. The van der Waals surface area contributed by atoms with Gasteiger partial charge in [0.2, 0.25) is 0 Å². The number of aromatic nitrogens is 2. The molecule has 7 nitrogen and oxygen atoms in total. The second-order valence-corrected chi connectivity index (χ2v) is 7.70. The molecule has 2 saturated heterocycles. The molecule has 1 aromatic heterocycles. The number of rotatable bonds is 3. The van der Waals surface area contributed by atoms with E-state index in [1.54, 1.807) is 0 Å². The van der Waals surface area contributed by atoms with E-state index in [-0.39, 0.29) is 5.91 Å². The molecule has 2 N–H and O–H groups in total. The van der Waals surface area contributed by atoms with Crippen molar-refractivity contribution in [3.05, 3.63) is 23.2 Å². The van der Waals surface area contributed by atoms with Crippen LogP contribution in [0.5, 0.6) is 0 Å². The summed E-state index contributed by atoms with van der Waals surface area (Å²) >= 11 is 6.03. The van der Waals surface area contributed by atoms with Gasteiger partial charge in [0.05, 0.1) is 11.2 Å². The monoisotopic (exact) mass is 350 g/mol. The topological polar surface area (TPSA) is 73.4 Å². The van der Waals surface area contributed by atoms with Crippen LogP contribution >= 0.6 is 11.6 Å². The first-order chi connectivity index (χ1) is 11.6. The molecule has 2 unspecified atom stereocenters. The summed E-state index contributed by atoms with van der Waals surface area (Å²) in [5.74, 6) is -0.108. The van der Waals surface area contributed by atoms with Crippen molar-refractivity contribution < 1.29 is 4.79 Å². The molecule has 3 heterocycles. The molecule has 0 spiro atoms. The van der Waals surface area contributed by atoms with Gasteiger partial charge in [0, 0.05) is 38.4 Å². The van der Waals surface area contributed by atoms with Crippen LogP contribution in [0.25, 0.3) is 0 Å². The molecule has 0 bridgehead atoms. The first kappa shape index (κ1) is 16.2. The summed E-state index contributed by atoms with van der Waals surface area (Å²) in [6, 6.07) is 0.557. The maximum atomic E-state index is 12.5. The molecular formula is C16H23ClN6O. The average molecular weight is 351 g/mol. The van der Waals surface area contributed by atoms with Gasteiger partial charge in [0.25, 0.3) is 5.91 Å². The first-order valence-electron chi connectivity index (χ1n) is 8.57. The second kappa shape index (κ2) is 6.22. The maximum Gasteiger partial charge on any atom is 0.274 e. The summed E-state index contributed by atoms with van der Waals surface area (Å²) in [5.41, 5.74) is 7.68. The van der Waals surface area contributed by atoms with Crippen LogP contribution in [-0.4, -0.2) is 64.1 Å². The molecule has 2 aliphatic heterocycles. The number of carbonyl (C=O) groups excluding carboxylic acids is 1. The van der Waals surface area contributed by atoms with Gasteiger partial charge in [-0.15, -0.1) is 0 Å². The molecule has 130 valence electrons. The summed E-state index contributed by atoms with van der Waals surface area (Å²) in [7, 11) is 0. The number of hydrogen-bond donors (Lipinski definition) is 2. The van der Waals surface area contributed by atoms with Crippen molar-refractivity contribution in [1.29, 1.82) is 0 Å².